The molecule has 0 bridgehead atoms. The molecule has 1 aromatic carbocycles. The molecule has 0 spiro atoms. The van der Waals surface area contributed by atoms with Gasteiger partial charge in [0.05, 0.1) is 6.04 Å². The van der Waals surface area contributed by atoms with Crippen LogP contribution in [0.2, 0.25) is 0 Å². The van der Waals surface area contributed by atoms with Gasteiger partial charge in [0.1, 0.15) is 5.01 Å². The summed E-state index contributed by atoms with van der Waals surface area (Å²) in [5.74, 6) is -0.593. The second-order valence-electron chi connectivity index (χ2n) is 5.90. The number of aryl methyl sites for hydroxylation is 1. The van der Waals surface area contributed by atoms with E-state index in [0.717, 1.165) is 17.0 Å². The van der Waals surface area contributed by atoms with Gasteiger partial charge < -0.3 is 10.6 Å². The van der Waals surface area contributed by atoms with Gasteiger partial charge in [-0.2, -0.15) is 5.10 Å². The molecule has 0 fully saturated rings. The zero-order chi connectivity index (χ0) is 19.2. The van der Waals surface area contributed by atoms with Gasteiger partial charge in [-0.3, -0.25) is 9.59 Å². The van der Waals surface area contributed by atoms with Gasteiger partial charge in [-0.05, 0) is 43.2 Å². The lowest BCUT2D eigenvalue weighted by Gasteiger charge is -2.15. The van der Waals surface area contributed by atoms with Crippen LogP contribution >= 0.6 is 11.3 Å². The highest BCUT2D eigenvalue weighted by molar-refractivity contribution is 7.09. The predicted molar refractivity (Wildman–Crippen MR) is 104 cm³/mol. The third-order valence-electron chi connectivity index (χ3n) is 4.02. The van der Waals surface area contributed by atoms with E-state index in [1.54, 1.807) is 36.5 Å². The first kappa shape index (κ1) is 18.7. The molecule has 8 heteroatoms. The molecule has 0 radical (unpaired) electrons. The Bertz CT molecular complexity index is 929. The summed E-state index contributed by atoms with van der Waals surface area (Å²) in [6, 6.07) is 8.27. The number of nitrogens with one attached hydrogen (secondary N) is 2. The molecule has 1 unspecified atom stereocenters. The molecular weight excluding hydrogens is 362 g/mol. The van der Waals surface area contributed by atoms with Crippen molar-refractivity contribution in [1.29, 1.82) is 0 Å². The van der Waals surface area contributed by atoms with E-state index >= 15 is 0 Å². The molecule has 2 amide bonds. The first-order valence-corrected chi connectivity index (χ1v) is 9.36. The lowest BCUT2D eigenvalue weighted by molar-refractivity contribution is 0.0934. The molecule has 7 nitrogen and oxygen atoms in total. The number of nitrogens with zero attached hydrogens (tertiary/aromatic N) is 3. The molecule has 0 aliphatic heterocycles. The fourth-order valence-corrected chi connectivity index (χ4v) is 3.27. The van der Waals surface area contributed by atoms with Gasteiger partial charge in [0.15, 0.2) is 5.69 Å². The third kappa shape index (κ3) is 4.53. The van der Waals surface area contributed by atoms with Gasteiger partial charge in [-0.15, -0.1) is 16.4 Å². The third-order valence-corrected chi connectivity index (χ3v) is 4.91. The number of benzene rings is 1. The van der Waals surface area contributed by atoms with Crippen LogP contribution in [0.5, 0.6) is 0 Å². The van der Waals surface area contributed by atoms with E-state index in [1.165, 1.54) is 17.5 Å². The van der Waals surface area contributed by atoms with Crippen molar-refractivity contribution < 1.29 is 9.59 Å². The van der Waals surface area contributed by atoms with E-state index in [2.05, 4.69) is 25.8 Å². The summed E-state index contributed by atoms with van der Waals surface area (Å²) in [5.41, 5.74) is 2.07. The highest BCUT2D eigenvalue weighted by Gasteiger charge is 2.17. The molecule has 2 aromatic heterocycles. The minimum Gasteiger partial charge on any atom is -0.343 e. The molecule has 2 heterocycles. The van der Waals surface area contributed by atoms with E-state index in [1.807, 2.05) is 19.2 Å². The standard InChI is InChI=1S/C19H19N5O2S/c1-3-14(19-20-9-10-27-19)22-17(25)13-7-6-12(2)16(11-13)23-18(26)15-5-4-8-21-24-15/h4-11,14H,3H2,1-2H3,(H,22,25)(H,23,26). The van der Waals surface area contributed by atoms with Gasteiger partial charge in [0.2, 0.25) is 0 Å². The van der Waals surface area contributed by atoms with E-state index in [0.29, 0.717) is 11.3 Å². The zero-order valence-electron chi connectivity index (χ0n) is 15.0. The Hall–Kier alpha value is -3.13. The quantitative estimate of drug-likeness (QED) is 0.682. The largest absolute Gasteiger partial charge is 0.343 e. The van der Waals surface area contributed by atoms with Crippen LogP contribution in [-0.4, -0.2) is 27.0 Å². The van der Waals surface area contributed by atoms with Crippen molar-refractivity contribution in [3.63, 3.8) is 0 Å². The maximum atomic E-state index is 12.7. The van der Waals surface area contributed by atoms with Crippen LogP contribution in [0.1, 0.15) is 50.8 Å². The Kier molecular flexibility index (Phi) is 5.87. The summed E-state index contributed by atoms with van der Waals surface area (Å²) in [6.45, 7) is 3.85. The van der Waals surface area contributed by atoms with Gasteiger partial charge >= 0.3 is 0 Å². The van der Waals surface area contributed by atoms with Gasteiger partial charge in [0, 0.05) is 29.0 Å². The average Bonchev–Trinajstić information content (AvgIpc) is 3.22. The van der Waals surface area contributed by atoms with E-state index in [9.17, 15) is 9.59 Å². The zero-order valence-corrected chi connectivity index (χ0v) is 15.8. The number of carbonyl (C=O) groups is 2. The van der Waals surface area contributed by atoms with Crippen molar-refractivity contribution in [2.75, 3.05) is 5.32 Å². The Morgan fingerprint density at radius 2 is 2.04 bits per heavy atom. The van der Waals surface area contributed by atoms with Crippen molar-refractivity contribution in [3.8, 4) is 0 Å². The van der Waals surface area contributed by atoms with Crippen LogP contribution in [0, 0.1) is 6.92 Å². The van der Waals surface area contributed by atoms with E-state index in [-0.39, 0.29) is 23.6 Å². The van der Waals surface area contributed by atoms with Crippen molar-refractivity contribution in [2.45, 2.75) is 26.3 Å². The molecule has 0 aliphatic carbocycles. The first-order valence-electron chi connectivity index (χ1n) is 8.48. The number of aromatic nitrogens is 3. The highest BCUT2D eigenvalue weighted by Crippen LogP contribution is 2.21. The number of amides is 2. The summed E-state index contributed by atoms with van der Waals surface area (Å²) in [4.78, 5) is 29.2. The van der Waals surface area contributed by atoms with E-state index < -0.39 is 0 Å². The van der Waals surface area contributed by atoms with Crippen LogP contribution in [0.3, 0.4) is 0 Å². The van der Waals surface area contributed by atoms with Gasteiger partial charge in [-0.1, -0.05) is 13.0 Å². The summed E-state index contributed by atoms with van der Waals surface area (Å²) in [6.07, 6.45) is 3.96. The second kappa shape index (κ2) is 8.50. The summed E-state index contributed by atoms with van der Waals surface area (Å²) < 4.78 is 0. The number of thiazole rings is 1. The number of hydrogen-bond donors (Lipinski definition) is 2. The fourth-order valence-electron chi connectivity index (χ4n) is 2.49. The molecule has 0 saturated carbocycles. The molecule has 3 aromatic rings. The topological polar surface area (TPSA) is 96.9 Å². The van der Waals surface area contributed by atoms with Crippen molar-refractivity contribution >= 4 is 28.8 Å². The Balaban J connectivity index is 1.76. The lowest BCUT2D eigenvalue weighted by atomic mass is 10.1. The normalized spacial score (nSPS) is 11.6. The van der Waals surface area contributed by atoms with Crippen molar-refractivity contribution in [3.05, 3.63) is 69.9 Å². The number of carbonyl (C=O) groups excluding carboxylic acids is 2. The van der Waals surface area contributed by atoms with Crippen LogP contribution in [0.15, 0.2) is 48.1 Å². The highest BCUT2D eigenvalue weighted by atomic mass is 32.1. The molecule has 0 saturated heterocycles. The van der Waals surface area contributed by atoms with Gasteiger partial charge in [0.25, 0.3) is 11.8 Å². The SMILES string of the molecule is CCC(NC(=O)c1ccc(C)c(NC(=O)c2cccnn2)c1)c1nccs1. The Morgan fingerprint density at radius 3 is 2.70 bits per heavy atom. The minimum absolute atomic E-state index is 0.142. The fraction of sp³-hybridized carbons (Fsp3) is 0.211. The van der Waals surface area contributed by atoms with Crippen molar-refractivity contribution in [1.82, 2.24) is 20.5 Å². The average molecular weight is 381 g/mol. The van der Waals surface area contributed by atoms with Crippen LogP contribution in [0.25, 0.3) is 0 Å². The number of hydrogen-bond acceptors (Lipinski definition) is 6. The molecular formula is C19H19N5O2S. The second-order valence-corrected chi connectivity index (χ2v) is 6.82. The number of anilines is 1. The first-order chi connectivity index (χ1) is 13.1. The van der Waals surface area contributed by atoms with Crippen LogP contribution < -0.4 is 10.6 Å². The summed E-state index contributed by atoms with van der Waals surface area (Å²) in [7, 11) is 0. The summed E-state index contributed by atoms with van der Waals surface area (Å²) in [5, 5.41) is 16.0. The molecule has 2 N–H and O–H groups in total. The minimum atomic E-state index is -0.377. The van der Waals surface area contributed by atoms with E-state index in [4.69, 9.17) is 0 Å². The van der Waals surface area contributed by atoms with Crippen LogP contribution in [0.4, 0.5) is 5.69 Å². The Labute approximate surface area is 160 Å². The molecule has 27 heavy (non-hydrogen) atoms. The van der Waals surface area contributed by atoms with Crippen LogP contribution in [-0.2, 0) is 0 Å². The molecule has 0 aliphatic rings. The van der Waals surface area contributed by atoms with Crippen molar-refractivity contribution in [2.24, 2.45) is 0 Å². The Morgan fingerprint density at radius 1 is 1.19 bits per heavy atom. The monoisotopic (exact) mass is 381 g/mol. The predicted octanol–water partition coefficient (Wildman–Crippen LogP) is 3.37. The number of rotatable bonds is 6. The molecule has 138 valence electrons. The lowest BCUT2D eigenvalue weighted by Crippen LogP contribution is -2.28. The smallest absolute Gasteiger partial charge is 0.276 e. The summed E-state index contributed by atoms with van der Waals surface area (Å²) >= 11 is 1.51. The van der Waals surface area contributed by atoms with Gasteiger partial charge in [-0.25, -0.2) is 4.98 Å². The maximum Gasteiger partial charge on any atom is 0.276 e. The molecule has 1 atom stereocenters. The molecule has 3 rings (SSSR count). The maximum absolute atomic E-state index is 12.7.